The average Bonchev–Trinajstić information content (AvgIpc) is 2.92. The summed E-state index contributed by atoms with van der Waals surface area (Å²) < 4.78 is 1.61. The van der Waals surface area contributed by atoms with Crippen LogP contribution in [0, 0.1) is 19.8 Å². The number of hydroxylamine groups is 2. The van der Waals surface area contributed by atoms with Crippen LogP contribution < -0.4 is 16.2 Å². The van der Waals surface area contributed by atoms with Gasteiger partial charge in [0, 0.05) is 12.6 Å². The van der Waals surface area contributed by atoms with Gasteiger partial charge in [-0.1, -0.05) is 80.9 Å². The van der Waals surface area contributed by atoms with Crippen LogP contribution in [0.15, 0.2) is 59.4 Å². The first-order valence-corrected chi connectivity index (χ1v) is 13.9. The van der Waals surface area contributed by atoms with Crippen LogP contribution in [0.3, 0.4) is 0 Å². The van der Waals surface area contributed by atoms with Crippen LogP contribution in [0.4, 0.5) is 4.79 Å². The third-order valence-electron chi connectivity index (χ3n) is 6.85. The van der Waals surface area contributed by atoms with Crippen molar-refractivity contribution >= 4 is 12.0 Å². The van der Waals surface area contributed by atoms with Gasteiger partial charge in [-0.15, -0.1) is 0 Å². The maximum atomic E-state index is 14.0. The monoisotopic (exact) mass is 563 g/mol. The molecule has 0 spiro atoms. The Morgan fingerprint density at radius 3 is 2.27 bits per heavy atom. The number of nitrogens with one attached hydrogen (secondary N) is 2. The number of rotatable bonds is 13. The lowest BCUT2D eigenvalue weighted by Gasteiger charge is -2.39. The summed E-state index contributed by atoms with van der Waals surface area (Å²) in [5, 5.41) is 16.6. The van der Waals surface area contributed by atoms with Crippen LogP contribution in [-0.2, 0) is 29.3 Å². The Morgan fingerprint density at radius 2 is 1.71 bits per heavy atom. The summed E-state index contributed by atoms with van der Waals surface area (Å²) >= 11 is 0. The van der Waals surface area contributed by atoms with Gasteiger partial charge in [-0.25, -0.2) is 9.78 Å². The first kappa shape index (κ1) is 31.5. The second-order valence-corrected chi connectivity index (χ2v) is 10.5. The number of carboxylic acid groups (broad SMARTS) is 1. The average molecular weight is 564 g/mol. The number of carbonyl (C=O) groups excluding carboxylic acids is 1. The van der Waals surface area contributed by atoms with Gasteiger partial charge in [0.05, 0.1) is 31.3 Å². The summed E-state index contributed by atoms with van der Waals surface area (Å²) in [6.45, 7) is 11.5. The molecule has 3 N–H and O–H groups in total. The number of aryl methyl sites for hydroxylation is 2. The molecule has 0 bridgehead atoms. The third kappa shape index (κ3) is 8.48. The fourth-order valence-electron chi connectivity index (χ4n) is 4.67. The molecular weight excluding hydrogens is 522 g/mol. The van der Waals surface area contributed by atoms with Crippen molar-refractivity contribution in [2.45, 2.75) is 79.9 Å². The van der Waals surface area contributed by atoms with Crippen LogP contribution in [0.2, 0.25) is 0 Å². The molecule has 10 nitrogen and oxygen atoms in total. The molecule has 41 heavy (non-hydrogen) atoms. The van der Waals surface area contributed by atoms with Gasteiger partial charge in [-0.05, 0) is 37.3 Å². The zero-order valence-electron chi connectivity index (χ0n) is 24.7. The van der Waals surface area contributed by atoms with Gasteiger partial charge < -0.3 is 15.7 Å². The summed E-state index contributed by atoms with van der Waals surface area (Å²) in [6.07, 6.45) is -1.49. The summed E-state index contributed by atoms with van der Waals surface area (Å²) in [5.41, 5.74) is 3.56. The van der Waals surface area contributed by atoms with Gasteiger partial charge in [-0.3, -0.25) is 19.0 Å². The molecule has 2 amide bonds. The molecule has 3 aromatic rings. The van der Waals surface area contributed by atoms with Gasteiger partial charge in [0.25, 0.3) is 5.56 Å². The quantitative estimate of drug-likeness (QED) is 0.204. The highest BCUT2D eigenvalue weighted by atomic mass is 16.7. The minimum absolute atomic E-state index is 0.0558. The lowest BCUT2D eigenvalue weighted by Crippen LogP contribution is -2.51. The van der Waals surface area contributed by atoms with E-state index in [1.807, 2.05) is 82.3 Å². The first-order valence-electron chi connectivity index (χ1n) is 13.9. The summed E-state index contributed by atoms with van der Waals surface area (Å²) in [4.78, 5) is 48.8. The van der Waals surface area contributed by atoms with Crippen molar-refractivity contribution in [3.63, 3.8) is 0 Å². The van der Waals surface area contributed by atoms with Crippen molar-refractivity contribution in [2.75, 3.05) is 0 Å². The van der Waals surface area contributed by atoms with Gasteiger partial charge in [-0.2, -0.15) is 5.06 Å². The fraction of sp³-hybridized carbons (Fsp3) is 0.419. The second kappa shape index (κ2) is 14.6. The number of hydrogen-bond donors (Lipinski definition) is 3. The van der Waals surface area contributed by atoms with Gasteiger partial charge in [0.2, 0.25) is 5.91 Å². The third-order valence-corrected chi connectivity index (χ3v) is 6.85. The smallest absolute Gasteiger partial charge is 0.405 e. The standard InChI is InChI=1S/C31H41N5O5/c1-7-27(34-31(39)40)36(41-19-25-15-13-21(4)14-16-25)28(20(2)3)29-33-22(5)26(17-32-23(6)37)30(38)35(29)18-24-11-9-8-10-12-24/h8-16,20,27-28,34H,7,17-19H2,1-6H3,(H,32,37)(H,39,40). The first-order chi connectivity index (χ1) is 19.5. The highest BCUT2D eigenvalue weighted by molar-refractivity contribution is 5.72. The van der Waals surface area contributed by atoms with Crippen molar-refractivity contribution in [2.24, 2.45) is 5.92 Å². The van der Waals surface area contributed by atoms with E-state index in [1.54, 1.807) is 16.6 Å². The highest BCUT2D eigenvalue weighted by Gasteiger charge is 2.35. The van der Waals surface area contributed by atoms with E-state index >= 15 is 0 Å². The molecule has 0 radical (unpaired) electrons. The molecule has 2 unspecified atom stereocenters. The van der Waals surface area contributed by atoms with E-state index in [9.17, 15) is 19.5 Å². The molecule has 0 aliphatic carbocycles. The molecule has 2 atom stereocenters. The summed E-state index contributed by atoms with van der Waals surface area (Å²) in [5.74, 6) is 0.0726. The Kier molecular flexibility index (Phi) is 11.2. The number of aromatic nitrogens is 2. The number of benzene rings is 2. The maximum Gasteiger partial charge on any atom is 0.405 e. The maximum absolute atomic E-state index is 14.0. The zero-order chi connectivity index (χ0) is 30.1. The molecular formula is C31H41N5O5. The number of amides is 2. The fourth-order valence-corrected chi connectivity index (χ4v) is 4.67. The van der Waals surface area contributed by atoms with Crippen molar-refractivity contribution in [3.05, 3.63) is 98.7 Å². The van der Waals surface area contributed by atoms with Crippen LogP contribution in [0.25, 0.3) is 0 Å². The Morgan fingerprint density at radius 1 is 1.05 bits per heavy atom. The Hall–Kier alpha value is -4.02. The summed E-state index contributed by atoms with van der Waals surface area (Å²) in [6, 6.07) is 16.9. The van der Waals surface area contributed by atoms with Gasteiger partial charge in [0.15, 0.2) is 0 Å². The van der Waals surface area contributed by atoms with E-state index < -0.39 is 18.3 Å². The molecule has 0 aliphatic rings. The molecule has 0 aliphatic heterocycles. The lowest BCUT2D eigenvalue weighted by molar-refractivity contribution is -0.239. The molecule has 0 saturated carbocycles. The topological polar surface area (TPSA) is 126 Å². The molecule has 10 heteroatoms. The summed E-state index contributed by atoms with van der Waals surface area (Å²) in [7, 11) is 0. The molecule has 0 saturated heterocycles. The van der Waals surface area contributed by atoms with E-state index in [1.165, 1.54) is 6.92 Å². The minimum Gasteiger partial charge on any atom is -0.465 e. The Labute approximate surface area is 241 Å². The molecule has 0 fully saturated rings. The Balaban J connectivity index is 2.18. The predicted molar refractivity (Wildman–Crippen MR) is 157 cm³/mol. The second-order valence-electron chi connectivity index (χ2n) is 10.5. The normalized spacial score (nSPS) is 12.8. The number of carbonyl (C=O) groups is 2. The number of nitrogens with zero attached hydrogens (tertiary/aromatic N) is 3. The zero-order valence-corrected chi connectivity index (χ0v) is 24.7. The van der Waals surface area contributed by atoms with Crippen LogP contribution in [-0.4, -0.2) is 37.9 Å². The van der Waals surface area contributed by atoms with Crippen molar-refractivity contribution in [1.29, 1.82) is 0 Å². The van der Waals surface area contributed by atoms with Crippen molar-refractivity contribution < 1.29 is 19.5 Å². The molecule has 1 aromatic heterocycles. The predicted octanol–water partition coefficient (Wildman–Crippen LogP) is 4.68. The molecule has 2 aromatic carbocycles. The Bertz CT molecular complexity index is 1370. The van der Waals surface area contributed by atoms with Gasteiger partial charge >= 0.3 is 6.09 Å². The highest BCUT2D eigenvalue weighted by Crippen LogP contribution is 2.31. The van der Waals surface area contributed by atoms with E-state index in [0.717, 1.165) is 16.7 Å². The van der Waals surface area contributed by atoms with Crippen LogP contribution >= 0.6 is 0 Å². The van der Waals surface area contributed by atoms with E-state index in [-0.39, 0.29) is 37.1 Å². The van der Waals surface area contributed by atoms with E-state index in [2.05, 4.69) is 10.6 Å². The van der Waals surface area contributed by atoms with Crippen LogP contribution in [0.1, 0.15) is 73.9 Å². The van der Waals surface area contributed by atoms with Crippen LogP contribution in [0.5, 0.6) is 0 Å². The minimum atomic E-state index is -1.18. The molecule has 1 heterocycles. The lowest BCUT2D eigenvalue weighted by atomic mass is 10.0. The van der Waals surface area contributed by atoms with Crippen molar-refractivity contribution in [1.82, 2.24) is 25.2 Å². The molecule has 3 rings (SSSR count). The van der Waals surface area contributed by atoms with E-state index in [4.69, 9.17) is 9.82 Å². The molecule has 220 valence electrons. The largest absolute Gasteiger partial charge is 0.465 e. The van der Waals surface area contributed by atoms with Crippen molar-refractivity contribution in [3.8, 4) is 0 Å². The van der Waals surface area contributed by atoms with E-state index in [0.29, 0.717) is 23.5 Å². The number of hydrogen-bond acceptors (Lipinski definition) is 6. The van der Waals surface area contributed by atoms with Gasteiger partial charge in [0.1, 0.15) is 12.0 Å². The SMILES string of the molecule is CCC(NC(=O)O)N(OCc1ccc(C)cc1)C(c1nc(C)c(CNC(C)=O)c(=O)n1Cc1ccccc1)C(C)C.